The zero-order chi connectivity index (χ0) is 17.4. The van der Waals surface area contributed by atoms with Crippen molar-refractivity contribution in [2.75, 3.05) is 6.61 Å². The number of hydrogen-bond acceptors (Lipinski definition) is 6. The molecule has 2 aliphatic heterocycles. The smallest absolute Gasteiger partial charge is 0.294 e. The normalized spacial score (nSPS) is 45.4. The molecule has 1 aliphatic carbocycles. The van der Waals surface area contributed by atoms with E-state index in [0.717, 1.165) is 5.56 Å². The third-order valence-corrected chi connectivity index (χ3v) is 6.01. The van der Waals surface area contributed by atoms with Crippen LogP contribution in [0.1, 0.15) is 19.4 Å². The van der Waals surface area contributed by atoms with Crippen LogP contribution in [0.2, 0.25) is 5.02 Å². The Morgan fingerprint density at radius 3 is 2.46 bits per heavy atom. The van der Waals surface area contributed by atoms with Gasteiger partial charge in [-0.2, -0.15) is 10.5 Å². The summed E-state index contributed by atoms with van der Waals surface area (Å²) in [5.41, 5.74) is 3.38. The van der Waals surface area contributed by atoms with Gasteiger partial charge >= 0.3 is 0 Å². The van der Waals surface area contributed by atoms with Crippen molar-refractivity contribution >= 4 is 17.4 Å². The standard InChI is InChI=1S/C17H15ClN4O2/c1-10-7-23-17(24-10)16(9-20)14(2,11-3-5-12(18)6-4-11)15(16,8-19)13(21)22-17/h3-6,10H,7H2,1-2H3,(H2,21,22)/t10-,14+,15+,16-,17-/m1/s1. The largest absolute Gasteiger partial charge is 0.386 e. The minimum Gasteiger partial charge on any atom is -0.386 e. The zero-order valence-corrected chi connectivity index (χ0v) is 14.0. The number of hydrogen-bond donors (Lipinski definition) is 1. The second kappa shape index (κ2) is 4.29. The minimum atomic E-state index is -1.55. The van der Waals surface area contributed by atoms with Gasteiger partial charge in [0.1, 0.15) is 5.84 Å². The highest BCUT2D eigenvalue weighted by molar-refractivity contribution is 6.30. The molecule has 1 aromatic carbocycles. The van der Waals surface area contributed by atoms with Gasteiger partial charge in [-0.3, -0.25) is 0 Å². The van der Waals surface area contributed by atoms with E-state index in [0.29, 0.717) is 11.6 Å². The van der Waals surface area contributed by atoms with Crippen molar-refractivity contribution in [2.45, 2.75) is 31.3 Å². The molecule has 24 heavy (non-hydrogen) atoms. The van der Waals surface area contributed by atoms with Gasteiger partial charge in [0, 0.05) is 10.4 Å². The van der Waals surface area contributed by atoms with Crippen molar-refractivity contribution in [3.63, 3.8) is 0 Å². The van der Waals surface area contributed by atoms with Crippen LogP contribution in [0.5, 0.6) is 0 Å². The Morgan fingerprint density at radius 2 is 1.96 bits per heavy atom. The van der Waals surface area contributed by atoms with Crippen LogP contribution < -0.4 is 5.73 Å². The first kappa shape index (κ1) is 15.4. The molecule has 4 rings (SSSR count). The van der Waals surface area contributed by atoms with E-state index in [2.05, 4.69) is 17.1 Å². The highest BCUT2D eigenvalue weighted by Crippen LogP contribution is 2.85. The molecule has 2 fully saturated rings. The lowest BCUT2D eigenvalue weighted by Crippen LogP contribution is -2.42. The summed E-state index contributed by atoms with van der Waals surface area (Å²) in [5.74, 6) is -1.46. The highest BCUT2D eigenvalue weighted by Gasteiger charge is 3.00. The summed E-state index contributed by atoms with van der Waals surface area (Å²) < 4.78 is 11.7. The molecule has 0 amide bonds. The number of amidine groups is 1. The summed E-state index contributed by atoms with van der Waals surface area (Å²) in [6.07, 6.45) is -0.240. The highest BCUT2D eigenvalue weighted by atomic mass is 35.5. The van der Waals surface area contributed by atoms with Crippen molar-refractivity contribution in [3.8, 4) is 12.1 Å². The van der Waals surface area contributed by atoms with Crippen LogP contribution >= 0.6 is 11.6 Å². The molecule has 7 heteroatoms. The molecule has 2 N–H and O–H groups in total. The molecular formula is C17H15ClN4O2. The van der Waals surface area contributed by atoms with Gasteiger partial charge in [-0.05, 0) is 24.6 Å². The lowest BCUT2D eigenvalue weighted by Gasteiger charge is -2.30. The average molecular weight is 343 g/mol. The number of nitriles is 2. The van der Waals surface area contributed by atoms with Gasteiger partial charge in [0.25, 0.3) is 5.91 Å². The number of fused-ring (bicyclic) bond motifs is 2. The molecule has 0 bridgehead atoms. The second-order valence-corrected chi connectivity index (χ2v) is 7.11. The van der Waals surface area contributed by atoms with Crippen LogP contribution in [0.15, 0.2) is 29.3 Å². The van der Waals surface area contributed by atoms with Crippen molar-refractivity contribution in [2.24, 2.45) is 21.6 Å². The van der Waals surface area contributed by atoms with Gasteiger partial charge in [0.2, 0.25) is 0 Å². The van der Waals surface area contributed by atoms with Gasteiger partial charge in [0.15, 0.2) is 10.8 Å². The summed E-state index contributed by atoms with van der Waals surface area (Å²) in [7, 11) is 0. The third kappa shape index (κ3) is 1.23. The first-order valence-electron chi connectivity index (χ1n) is 7.61. The summed E-state index contributed by atoms with van der Waals surface area (Å²) in [4.78, 5) is 4.30. The number of halogens is 1. The first-order valence-corrected chi connectivity index (χ1v) is 7.99. The van der Waals surface area contributed by atoms with Crippen LogP contribution in [0.3, 0.4) is 0 Å². The summed E-state index contributed by atoms with van der Waals surface area (Å²) in [6.45, 7) is 3.96. The summed E-state index contributed by atoms with van der Waals surface area (Å²) >= 11 is 5.98. The molecule has 1 saturated heterocycles. The van der Waals surface area contributed by atoms with Crippen molar-refractivity contribution < 1.29 is 9.47 Å². The Kier molecular flexibility index (Phi) is 2.75. The lowest BCUT2D eigenvalue weighted by atomic mass is 9.85. The molecular weight excluding hydrogens is 328 g/mol. The average Bonchev–Trinajstić information content (AvgIpc) is 2.75. The van der Waals surface area contributed by atoms with Gasteiger partial charge in [-0.15, -0.1) is 0 Å². The molecule has 3 aliphatic rings. The Morgan fingerprint density at radius 1 is 1.29 bits per heavy atom. The molecule has 1 saturated carbocycles. The second-order valence-electron chi connectivity index (χ2n) is 6.67. The molecule has 6 nitrogen and oxygen atoms in total. The Hall–Kier alpha value is -2.12. The van der Waals surface area contributed by atoms with Crippen LogP contribution in [-0.4, -0.2) is 24.5 Å². The van der Waals surface area contributed by atoms with E-state index >= 15 is 0 Å². The van der Waals surface area contributed by atoms with E-state index in [-0.39, 0.29) is 11.9 Å². The lowest BCUT2D eigenvalue weighted by molar-refractivity contribution is -0.196. The number of nitrogens with two attached hydrogens (primary N) is 1. The maximum atomic E-state index is 10.1. The number of aliphatic imine (C=N–C) groups is 1. The molecule has 0 aromatic heterocycles. The number of rotatable bonds is 1. The molecule has 0 unspecified atom stereocenters. The van der Waals surface area contributed by atoms with Crippen LogP contribution in [0.25, 0.3) is 0 Å². The van der Waals surface area contributed by atoms with E-state index in [1.54, 1.807) is 24.3 Å². The Bertz CT molecular complexity index is 857. The topological polar surface area (TPSA) is 104 Å². The Labute approximate surface area is 144 Å². The molecule has 0 radical (unpaired) electrons. The van der Waals surface area contributed by atoms with E-state index < -0.39 is 22.2 Å². The van der Waals surface area contributed by atoms with E-state index in [1.807, 2.05) is 13.8 Å². The van der Waals surface area contributed by atoms with E-state index in [9.17, 15) is 10.5 Å². The maximum absolute atomic E-state index is 10.1. The summed E-state index contributed by atoms with van der Waals surface area (Å²) in [6, 6.07) is 11.6. The van der Waals surface area contributed by atoms with Gasteiger partial charge in [0.05, 0.1) is 24.8 Å². The molecule has 1 spiro atoms. The minimum absolute atomic E-state index is 0.0816. The SMILES string of the molecule is C[C@@H]1CO[C@@]2(N=C(N)[C@@]3(C#N)[C@](C)(c4ccc(Cl)cc4)[C@@]23C#N)O1. The van der Waals surface area contributed by atoms with Gasteiger partial charge in [-0.1, -0.05) is 30.7 Å². The van der Waals surface area contributed by atoms with Gasteiger partial charge in [-0.25, -0.2) is 4.99 Å². The van der Waals surface area contributed by atoms with Crippen LogP contribution in [0, 0.1) is 33.5 Å². The summed E-state index contributed by atoms with van der Waals surface area (Å²) in [5, 5.41) is 20.7. The van der Waals surface area contributed by atoms with E-state index in [1.165, 1.54) is 0 Å². The van der Waals surface area contributed by atoms with E-state index in [4.69, 9.17) is 26.8 Å². The molecule has 122 valence electrons. The Balaban J connectivity index is 1.98. The van der Waals surface area contributed by atoms with Gasteiger partial charge < -0.3 is 15.2 Å². The number of nitrogens with zero attached hydrogens (tertiary/aromatic N) is 3. The molecule has 5 atom stereocenters. The van der Waals surface area contributed by atoms with Crippen molar-refractivity contribution in [1.82, 2.24) is 0 Å². The monoisotopic (exact) mass is 342 g/mol. The predicted molar refractivity (Wildman–Crippen MR) is 85.7 cm³/mol. The number of ether oxygens (including phenoxy) is 2. The maximum Gasteiger partial charge on any atom is 0.294 e. The van der Waals surface area contributed by atoms with Crippen LogP contribution in [0.4, 0.5) is 0 Å². The zero-order valence-electron chi connectivity index (χ0n) is 13.2. The van der Waals surface area contributed by atoms with Crippen LogP contribution in [-0.2, 0) is 14.9 Å². The fraction of sp³-hybridized carbons (Fsp3) is 0.471. The molecule has 2 heterocycles. The van der Waals surface area contributed by atoms with Crippen molar-refractivity contribution in [1.29, 1.82) is 10.5 Å². The van der Waals surface area contributed by atoms with Crippen molar-refractivity contribution in [3.05, 3.63) is 34.9 Å². The predicted octanol–water partition coefficient (Wildman–Crippen LogP) is 2.09. The fourth-order valence-corrected chi connectivity index (χ4v) is 4.73. The first-order chi connectivity index (χ1) is 11.3. The molecule has 1 aromatic rings. The fourth-order valence-electron chi connectivity index (χ4n) is 4.61. The third-order valence-electron chi connectivity index (χ3n) is 5.76. The number of benzene rings is 1. The quantitative estimate of drug-likeness (QED) is 0.841.